The molecule has 39 heavy (non-hydrogen) atoms. The quantitative estimate of drug-likeness (QED) is 0.361. The van der Waals surface area contributed by atoms with E-state index < -0.39 is 0 Å². The van der Waals surface area contributed by atoms with Gasteiger partial charge in [0.15, 0.2) is 0 Å². The highest BCUT2D eigenvalue weighted by Gasteiger charge is 2.21. The first-order valence-corrected chi connectivity index (χ1v) is 13.0. The highest BCUT2D eigenvalue weighted by molar-refractivity contribution is 6.06. The lowest BCUT2D eigenvalue weighted by Crippen LogP contribution is -2.38. The zero-order valence-corrected chi connectivity index (χ0v) is 22.4. The van der Waals surface area contributed by atoms with E-state index >= 15 is 0 Å². The molecule has 5 rings (SSSR count). The molecule has 2 aromatic carbocycles. The van der Waals surface area contributed by atoms with Crippen LogP contribution in [-0.2, 0) is 22.5 Å². The Bertz CT molecular complexity index is 1520. The third-order valence-electron chi connectivity index (χ3n) is 7.20. The van der Waals surface area contributed by atoms with E-state index in [1.54, 1.807) is 25.6 Å². The summed E-state index contributed by atoms with van der Waals surface area (Å²) in [5.74, 6) is 0.706. The molecule has 0 saturated heterocycles. The van der Waals surface area contributed by atoms with E-state index in [0.29, 0.717) is 25.2 Å². The van der Waals surface area contributed by atoms with Crippen LogP contribution in [-0.4, -0.2) is 65.5 Å². The Hall–Kier alpha value is -4.37. The molecule has 9 heteroatoms. The molecule has 2 N–H and O–H groups in total. The van der Waals surface area contributed by atoms with Crippen LogP contribution in [0.1, 0.15) is 39.9 Å². The minimum atomic E-state index is -0.129. The van der Waals surface area contributed by atoms with Gasteiger partial charge in [-0.1, -0.05) is 37.3 Å². The van der Waals surface area contributed by atoms with Crippen LogP contribution >= 0.6 is 0 Å². The number of anilines is 1. The van der Waals surface area contributed by atoms with Gasteiger partial charge in [0.25, 0.3) is 5.91 Å². The second kappa shape index (κ2) is 11.6. The van der Waals surface area contributed by atoms with Crippen LogP contribution in [0.15, 0.2) is 61.1 Å². The first-order valence-electron chi connectivity index (χ1n) is 13.0. The van der Waals surface area contributed by atoms with Gasteiger partial charge in [-0.25, -0.2) is 9.97 Å². The third-order valence-corrected chi connectivity index (χ3v) is 7.20. The van der Waals surface area contributed by atoms with Crippen LogP contribution in [0.3, 0.4) is 0 Å². The predicted molar refractivity (Wildman–Crippen MR) is 151 cm³/mol. The normalized spacial score (nSPS) is 13.6. The molecule has 1 aliphatic heterocycles. The number of carbonyl (C=O) groups is 2. The molecule has 0 spiro atoms. The number of benzene rings is 2. The van der Waals surface area contributed by atoms with Gasteiger partial charge in [-0.15, -0.1) is 0 Å². The van der Waals surface area contributed by atoms with Crippen LogP contribution in [0.5, 0.6) is 0 Å². The standard InChI is InChI=1S/C30H32N6O3/c1-19(23-5-4-6-24-25(30(38)31-2)9-11-32-29(23)24)15-33-27-14-26(34-18-35-27)21-8-7-20-10-12-36(16-22(20)13-21)28(37)17-39-3/h4-9,11,13-14,18-19H,10,12,15-17H2,1-3H3,(H,31,38)(H,33,34,35)/t19-/m1/s1. The zero-order chi connectivity index (χ0) is 27.4. The van der Waals surface area contributed by atoms with Crippen molar-refractivity contribution < 1.29 is 14.3 Å². The molecule has 2 aromatic heterocycles. The van der Waals surface area contributed by atoms with Crippen molar-refractivity contribution in [2.75, 3.05) is 39.2 Å². The minimum Gasteiger partial charge on any atom is -0.375 e. The van der Waals surface area contributed by atoms with Crippen LogP contribution in [0.25, 0.3) is 22.2 Å². The topological polar surface area (TPSA) is 109 Å². The van der Waals surface area contributed by atoms with E-state index in [9.17, 15) is 9.59 Å². The number of hydrogen-bond donors (Lipinski definition) is 2. The number of rotatable bonds is 8. The Morgan fingerprint density at radius 2 is 1.95 bits per heavy atom. The Morgan fingerprint density at radius 1 is 1.08 bits per heavy atom. The van der Waals surface area contributed by atoms with Crippen molar-refractivity contribution in [1.29, 1.82) is 0 Å². The van der Waals surface area contributed by atoms with Gasteiger partial charge >= 0.3 is 0 Å². The number of aromatic nitrogens is 3. The lowest BCUT2D eigenvalue weighted by atomic mass is 9.95. The molecule has 0 aliphatic carbocycles. The van der Waals surface area contributed by atoms with Crippen molar-refractivity contribution in [2.24, 2.45) is 0 Å². The number of methoxy groups -OCH3 is 1. The van der Waals surface area contributed by atoms with Gasteiger partial charge in [-0.3, -0.25) is 14.6 Å². The number of pyridine rings is 1. The van der Waals surface area contributed by atoms with Gasteiger partial charge in [0.1, 0.15) is 18.8 Å². The van der Waals surface area contributed by atoms with Crippen LogP contribution in [0, 0.1) is 0 Å². The first kappa shape index (κ1) is 26.2. The van der Waals surface area contributed by atoms with Crippen LogP contribution in [0.2, 0.25) is 0 Å². The van der Waals surface area contributed by atoms with Crippen molar-refractivity contribution in [2.45, 2.75) is 25.8 Å². The second-order valence-electron chi connectivity index (χ2n) is 9.73. The van der Waals surface area contributed by atoms with Gasteiger partial charge < -0.3 is 20.3 Å². The van der Waals surface area contributed by atoms with Gasteiger partial charge in [-0.2, -0.15) is 0 Å². The SMILES string of the molecule is CNC(=O)c1ccnc2c([C@H](C)CNc3cc(-c4ccc5c(c4)CN(C(=O)COC)CC5)ncn3)cccc12. The predicted octanol–water partition coefficient (Wildman–Crippen LogP) is 3.80. The van der Waals surface area contributed by atoms with Gasteiger partial charge in [0.2, 0.25) is 5.91 Å². The summed E-state index contributed by atoms with van der Waals surface area (Å²) >= 11 is 0. The number of carbonyl (C=O) groups excluding carboxylic acids is 2. The maximum Gasteiger partial charge on any atom is 0.251 e. The van der Waals surface area contributed by atoms with E-state index in [-0.39, 0.29) is 24.3 Å². The number of amides is 2. The molecule has 0 fully saturated rings. The molecule has 3 heterocycles. The van der Waals surface area contributed by atoms with E-state index in [1.165, 1.54) is 12.7 Å². The molecule has 200 valence electrons. The summed E-state index contributed by atoms with van der Waals surface area (Å²) in [6.07, 6.45) is 4.07. The van der Waals surface area contributed by atoms with Gasteiger partial charge in [-0.05, 0) is 35.2 Å². The molecule has 0 radical (unpaired) electrons. The summed E-state index contributed by atoms with van der Waals surface area (Å²) in [4.78, 5) is 40.0. The van der Waals surface area contributed by atoms with Crippen LogP contribution < -0.4 is 10.6 Å². The summed E-state index contributed by atoms with van der Waals surface area (Å²) in [6, 6.07) is 15.9. The molecule has 1 aliphatic rings. The molecule has 0 unspecified atom stereocenters. The highest BCUT2D eigenvalue weighted by Crippen LogP contribution is 2.28. The number of nitrogens with one attached hydrogen (secondary N) is 2. The van der Waals surface area contributed by atoms with E-state index in [2.05, 4.69) is 56.8 Å². The summed E-state index contributed by atoms with van der Waals surface area (Å²) in [5.41, 5.74) is 6.67. The Labute approximate surface area is 227 Å². The lowest BCUT2D eigenvalue weighted by Gasteiger charge is -2.29. The molecule has 0 saturated carbocycles. The Kier molecular flexibility index (Phi) is 7.79. The smallest absolute Gasteiger partial charge is 0.251 e. The third kappa shape index (κ3) is 5.58. The monoisotopic (exact) mass is 524 g/mol. The fourth-order valence-electron chi connectivity index (χ4n) is 5.05. The van der Waals surface area contributed by atoms with Crippen LogP contribution in [0.4, 0.5) is 5.82 Å². The second-order valence-corrected chi connectivity index (χ2v) is 9.73. The summed E-state index contributed by atoms with van der Waals surface area (Å²) in [6.45, 7) is 4.12. The first-order chi connectivity index (χ1) is 19.0. The molecule has 1 atom stereocenters. The van der Waals surface area contributed by atoms with Crippen molar-refractivity contribution in [3.05, 3.63) is 83.3 Å². The number of fused-ring (bicyclic) bond motifs is 2. The lowest BCUT2D eigenvalue weighted by molar-refractivity contribution is -0.136. The molecule has 2 amide bonds. The highest BCUT2D eigenvalue weighted by atomic mass is 16.5. The summed E-state index contributed by atoms with van der Waals surface area (Å²) in [7, 11) is 3.17. The van der Waals surface area contributed by atoms with E-state index in [0.717, 1.165) is 45.5 Å². The fourth-order valence-corrected chi connectivity index (χ4v) is 5.05. The maximum atomic E-state index is 12.3. The largest absolute Gasteiger partial charge is 0.375 e. The van der Waals surface area contributed by atoms with Crippen molar-refractivity contribution in [3.63, 3.8) is 0 Å². The number of hydrogen-bond acceptors (Lipinski definition) is 7. The number of nitrogens with zero attached hydrogens (tertiary/aromatic N) is 4. The molecule has 0 bridgehead atoms. The molecule has 4 aromatic rings. The van der Waals surface area contributed by atoms with E-state index in [4.69, 9.17) is 4.74 Å². The average molecular weight is 525 g/mol. The van der Waals surface area contributed by atoms with Crippen molar-refractivity contribution >= 4 is 28.5 Å². The number of para-hydroxylation sites is 1. The summed E-state index contributed by atoms with van der Waals surface area (Å²) < 4.78 is 5.02. The number of ether oxygens (including phenoxy) is 1. The zero-order valence-electron chi connectivity index (χ0n) is 22.4. The molecule has 9 nitrogen and oxygen atoms in total. The molecular weight excluding hydrogens is 492 g/mol. The van der Waals surface area contributed by atoms with Gasteiger partial charge in [0.05, 0.1) is 16.8 Å². The Morgan fingerprint density at radius 3 is 2.77 bits per heavy atom. The average Bonchev–Trinajstić information content (AvgIpc) is 2.98. The van der Waals surface area contributed by atoms with Crippen molar-refractivity contribution in [3.8, 4) is 11.3 Å². The summed E-state index contributed by atoms with van der Waals surface area (Å²) in [5, 5.41) is 6.97. The minimum absolute atomic E-state index is 0.00226. The van der Waals surface area contributed by atoms with E-state index in [1.807, 2.05) is 23.1 Å². The van der Waals surface area contributed by atoms with Crippen molar-refractivity contribution in [1.82, 2.24) is 25.2 Å². The van der Waals surface area contributed by atoms with Gasteiger partial charge in [0, 0.05) is 62.9 Å². The maximum absolute atomic E-state index is 12.3. The molecular formula is C30H32N6O3. The Balaban J connectivity index is 1.32. The fraction of sp³-hybridized carbons (Fsp3) is 0.300.